The summed E-state index contributed by atoms with van der Waals surface area (Å²) in [6.07, 6.45) is 10.6. The molecule has 0 bridgehead atoms. The number of ether oxygens (including phenoxy) is 4. The summed E-state index contributed by atoms with van der Waals surface area (Å²) < 4.78 is 40.2. The third kappa shape index (κ3) is 14.7. The molecule has 3 heterocycles. The van der Waals surface area contributed by atoms with Gasteiger partial charge in [0.05, 0.1) is 12.9 Å². The molecule has 0 radical (unpaired) electrons. The van der Waals surface area contributed by atoms with Crippen molar-refractivity contribution in [3.63, 3.8) is 0 Å². The maximum absolute atomic E-state index is 8.33. The fraction of sp³-hybridized carbons (Fsp3) is 0.314. The normalized spacial score (nSPS) is 16.2. The first kappa shape index (κ1) is 68.3. The molecule has 11 heteroatoms. The van der Waals surface area contributed by atoms with Crippen LogP contribution in [0, 0.1) is 5.92 Å². The molecule has 0 aliphatic carbocycles. The summed E-state index contributed by atoms with van der Waals surface area (Å²) in [5.74, 6) is 1.15. The van der Waals surface area contributed by atoms with Gasteiger partial charge in [-0.2, -0.15) is 0 Å². The molecule has 0 unspecified atom stereocenters. The fourth-order valence-corrected chi connectivity index (χ4v) is 16.7. The van der Waals surface area contributed by atoms with Crippen molar-refractivity contribution in [2.75, 3.05) is 25.1 Å². The Hall–Kier alpha value is -8.65. The van der Waals surface area contributed by atoms with Crippen molar-refractivity contribution < 1.29 is 23.4 Å². The van der Waals surface area contributed by atoms with Gasteiger partial charge in [0.2, 0.25) is 0 Å². The van der Waals surface area contributed by atoms with E-state index < -0.39 is 49.6 Å². The third-order valence-corrected chi connectivity index (χ3v) is 25.4. The molecule has 1 N–H and O–H groups in total. The number of rotatable bonds is 33. The zero-order chi connectivity index (χ0) is 67.0. The average Bonchev–Trinajstić information content (AvgIpc) is 1.69. The van der Waals surface area contributed by atoms with Crippen molar-refractivity contribution in [3.05, 3.63) is 336 Å². The van der Waals surface area contributed by atoms with Crippen LogP contribution >= 0.6 is 0 Å². The van der Waals surface area contributed by atoms with E-state index in [1.54, 1.807) is 6.33 Å². The Bertz CT molecular complexity index is 3840. The van der Waals surface area contributed by atoms with E-state index >= 15 is 0 Å². The smallest absolute Gasteiger partial charge is 0.192 e. The summed E-state index contributed by atoms with van der Waals surface area (Å²) >= 11 is 0. The molecule has 0 spiro atoms. The lowest BCUT2D eigenvalue weighted by Gasteiger charge is -2.42. The van der Waals surface area contributed by atoms with Crippen molar-refractivity contribution in [1.82, 2.24) is 19.5 Å². The minimum absolute atomic E-state index is 0.110. The number of fused-ring (bicyclic) bond motifs is 1. The maximum atomic E-state index is 8.33. The van der Waals surface area contributed by atoms with E-state index in [-0.39, 0.29) is 11.6 Å². The van der Waals surface area contributed by atoms with Gasteiger partial charge in [0.15, 0.2) is 31.5 Å². The van der Waals surface area contributed by atoms with Crippen LogP contribution in [0.1, 0.15) is 142 Å². The van der Waals surface area contributed by atoms with E-state index in [0.717, 1.165) is 82.4 Å². The summed E-state index contributed by atoms with van der Waals surface area (Å²) in [5.41, 5.74) is 6.86. The number of imidazole rings is 1. The van der Waals surface area contributed by atoms with Gasteiger partial charge < -0.3 is 28.7 Å². The summed E-state index contributed by atoms with van der Waals surface area (Å²) in [5, 5.41) is 4.27. The van der Waals surface area contributed by atoms with Crippen LogP contribution in [0.4, 0.5) is 5.82 Å². The second-order valence-electron chi connectivity index (χ2n) is 27.3. The highest BCUT2D eigenvalue weighted by Gasteiger charge is 2.54. The fourth-order valence-electron chi connectivity index (χ4n) is 14.3. The van der Waals surface area contributed by atoms with Gasteiger partial charge in [-0.05, 0) is 87.0 Å². The topological polar surface area (TPSA) is 102 Å². The van der Waals surface area contributed by atoms with Crippen LogP contribution in [0.5, 0.6) is 0 Å². The summed E-state index contributed by atoms with van der Waals surface area (Å²) in [6, 6.07) is 94.9. The minimum atomic E-state index is -1.82. The molecular weight excluding hydrogens is 1210 g/mol. The number of nitrogens with zero attached hydrogens (tertiary/aromatic N) is 4. The predicted octanol–water partition coefficient (Wildman–Crippen LogP) is 20.1. The van der Waals surface area contributed by atoms with Gasteiger partial charge in [0.1, 0.15) is 41.4 Å². The first-order valence-electron chi connectivity index (χ1n) is 35.2. The van der Waals surface area contributed by atoms with E-state index in [4.69, 9.17) is 38.3 Å². The molecule has 1 saturated heterocycles. The molecule has 10 nitrogen and oxygen atoms in total. The third-order valence-electron chi connectivity index (χ3n) is 20.8. The number of nitrogens with one attached hydrogen (secondary N) is 1. The van der Waals surface area contributed by atoms with Crippen LogP contribution in [-0.4, -0.2) is 66.0 Å². The van der Waals surface area contributed by atoms with Crippen LogP contribution in [0.25, 0.3) is 11.2 Å². The van der Waals surface area contributed by atoms with Crippen LogP contribution < -0.4 is 5.32 Å². The first-order chi connectivity index (χ1) is 47.5. The molecule has 2 aromatic heterocycles. The van der Waals surface area contributed by atoms with Crippen molar-refractivity contribution in [1.29, 1.82) is 0 Å². The van der Waals surface area contributed by atoms with E-state index in [1.165, 1.54) is 32.1 Å². The Kier molecular flexibility index (Phi) is 22.3. The van der Waals surface area contributed by atoms with Gasteiger partial charge >= 0.3 is 0 Å². The minimum Gasteiger partial charge on any atom is -0.417 e. The second-order valence-corrected chi connectivity index (χ2v) is 31.9. The molecule has 498 valence electrons. The van der Waals surface area contributed by atoms with Gasteiger partial charge in [0, 0.05) is 13.2 Å². The van der Waals surface area contributed by atoms with Crippen LogP contribution in [0.15, 0.2) is 286 Å². The van der Waals surface area contributed by atoms with E-state index in [0.29, 0.717) is 29.5 Å². The maximum Gasteiger partial charge on any atom is 0.192 e. The van der Waals surface area contributed by atoms with Gasteiger partial charge in [-0.3, -0.25) is 4.57 Å². The molecule has 12 rings (SSSR count). The number of hydrogen-bond donors (Lipinski definition) is 1. The Labute approximate surface area is 576 Å². The summed E-state index contributed by atoms with van der Waals surface area (Å²) in [7, 11) is -1.82. The van der Waals surface area contributed by atoms with Gasteiger partial charge in [-0.1, -0.05) is 346 Å². The second kappa shape index (κ2) is 31.7. The molecule has 11 aromatic rings. The Morgan fingerprint density at radius 3 is 1.20 bits per heavy atom. The molecule has 1 fully saturated rings. The molecule has 9 aromatic carbocycles. The van der Waals surface area contributed by atoms with Crippen LogP contribution in [0.2, 0.25) is 18.1 Å². The lowest BCUT2D eigenvalue weighted by Crippen LogP contribution is -2.46. The highest BCUT2D eigenvalue weighted by molar-refractivity contribution is 6.74. The monoisotopic (exact) mass is 1310 g/mol. The lowest BCUT2D eigenvalue weighted by atomic mass is 9.77. The van der Waals surface area contributed by atoms with E-state index in [9.17, 15) is 0 Å². The van der Waals surface area contributed by atoms with Crippen molar-refractivity contribution >= 4 is 25.3 Å². The molecular formula is C86H95N5O5Si. The zero-order valence-electron chi connectivity index (χ0n) is 57.3. The molecule has 1 aliphatic rings. The number of hydrogen-bond acceptors (Lipinski definition) is 9. The van der Waals surface area contributed by atoms with Crippen molar-refractivity contribution in [3.8, 4) is 0 Å². The van der Waals surface area contributed by atoms with Gasteiger partial charge in [0.25, 0.3) is 0 Å². The van der Waals surface area contributed by atoms with E-state index in [2.05, 4.69) is 319 Å². The van der Waals surface area contributed by atoms with Crippen LogP contribution in [-0.2, 0) is 40.1 Å². The molecule has 97 heavy (non-hydrogen) atoms. The Morgan fingerprint density at radius 1 is 0.443 bits per heavy atom. The van der Waals surface area contributed by atoms with E-state index in [1.807, 2.05) is 10.9 Å². The molecule has 1 aliphatic heterocycles. The van der Waals surface area contributed by atoms with Crippen LogP contribution in [0.3, 0.4) is 0 Å². The number of unbranched alkanes of at least 4 members (excludes halogenated alkanes) is 8. The summed E-state index contributed by atoms with van der Waals surface area (Å²) in [6.45, 7) is 15.7. The number of aromatic nitrogens is 4. The Morgan fingerprint density at radius 2 is 0.804 bits per heavy atom. The average molecular weight is 1310 g/mol. The molecule has 0 amide bonds. The highest BCUT2D eigenvalue weighted by atomic mass is 28.4. The van der Waals surface area contributed by atoms with Gasteiger partial charge in [-0.15, -0.1) is 0 Å². The molecule has 4 atom stereocenters. The Balaban J connectivity index is 0.931. The summed E-state index contributed by atoms with van der Waals surface area (Å²) in [4.78, 5) is 15.5. The quantitative estimate of drug-likeness (QED) is 0.0245. The van der Waals surface area contributed by atoms with Gasteiger partial charge in [-0.25, -0.2) is 15.0 Å². The molecule has 0 saturated carbocycles. The zero-order valence-corrected chi connectivity index (χ0v) is 58.3. The number of benzene rings is 9. The standard InChI is InChI=1S/C86H95N5O5Si/c1-66(2)83(3,4)97(5,6)94-62-42-13-11-9-7-8-10-12-41-61-92-78-76(63-93-85(70-49-29-17-30-50-70,71-51-31-18-32-52-71)72-53-33-19-34-54-72)95-82(79(78)96-86(73-55-35-20-36-56-73,74-57-37-21-38-58-74)75-59-39-22-40-60-75)91-65-89-77-80(87-64-88-81(77)91)90-84(67-43-23-14-24-44-67,68-45-25-15-26-46-68)69-47-27-16-28-48-69/h14-40,43-60,64-66,76,78-79,82H,7-13,41-42,61-63H2,1-6H3,(H,87,88,90)/t76-,78-,79-,82-/m1/s1. The lowest BCUT2D eigenvalue weighted by molar-refractivity contribution is -0.132. The SMILES string of the molecule is CC(C)C(C)(C)[Si](C)(C)OCCCCCCCCCCCO[C@H]1[C@@H](OC(c2ccccc2)(c2ccccc2)c2ccccc2)[C@H](n2cnc3c(NC(c4ccccc4)(c4ccccc4)c4ccccc4)ncnc32)O[C@@H]1COC(c1ccccc1)(c1ccccc1)c1ccccc1. The number of anilines is 1. The predicted molar refractivity (Wildman–Crippen MR) is 395 cm³/mol. The highest BCUT2D eigenvalue weighted by Crippen LogP contribution is 2.50. The van der Waals surface area contributed by atoms with Crippen molar-refractivity contribution in [2.24, 2.45) is 5.92 Å². The first-order valence-corrected chi connectivity index (χ1v) is 38.1. The van der Waals surface area contributed by atoms with Crippen molar-refractivity contribution in [2.45, 2.75) is 145 Å². The largest absolute Gasteiger partial charge is 0.417 e.